The molecule has 1 heterocycles. The lowest BCUT2D eigenvalue weighted by Crippen LogP contribution is -2.22. The Morgan fingerprint density at radius 1 is 1.25 bits per heavy atom. The molecule has 0 radical (unpaired) electrons. The number of rotatable bonds is 5. The summed E-state index contributed by atoms with van der Waals surface area (Å²) in [7, 11) is 0. The molecule has 1 N–H and O–H groups in total. The molecule has 0 amide bonds. The highest BCUT2D eigenvalue weighted by Crippen LogP contribution is 2.24. The monoisotopic (exact) mass is 339 g/mol. The van der Waals surface area contributed by atoms with Crippen molar-refractivity contribution in [3.05, 3.63) is 46.6 Å². The maximum atomic E-state index is 13.2. The molecule has 4 nitrogen and oxygen atoms in total. The summed E-state index contributed by atoms with van der Waals surface area (Å²) in [5, 5.41) is 3.25. The fourth-order valence-electron chi connectivity index (χ4n) is 1.50. The van der Waals surface area contributed by atoms with Crippen LogP contribution < -0.4 is 10.1 Å². The van der Waals surface area contributed by atoms with Crippen molar-refractivity contribution in [3.8, 4) is 11.6 Å². The molecule has 0 atom stereocenters. The third-order valence-electron chi connectivity index (χ3n) is 2.43. The largest absolute Gasteiger partial charge is 0.437 e. The molecule has 0 fully saturated rings. The molecule has 0 spiro atoms. The first-order chi connectivity index (χ1) is 9.52. The second-order valence-electron chi connectivity index (χ2n) is 4.59. The van der Waals surface area contributed by atoms with Crippen molar-refractivity contribution < 1.29 is 9.13 Å². The zero-order chi connectivity index (χ0) is 14.5. The average molecular weight is 340 g/mol. The van der Waals surface area contributed by atoms with Gasteiger partial charge in [-0.15, -0.1) is 0 Å². The molecule has 20 heavy (non-hydrogen) atoms. The van der Waals surface area contributed by atoms with Crippen molar-refractivity contribution in [3.63, 3.8) is 0 Å². The van der Waals surface area contributed by atoms with E-state index in [0.717, 1.165) is 5.69 Å². The number of benzene rings is 1. The van der Waals surface area contributed by atoms with Crippen LogP contribution in [0.1, 0.15) is 19.5 Å². The third kappa shape index (κ3) is 4.54. The Hall–Kier alpha value is -1.53. The number of nitrogens with one attached hydrogen (secondary N) is 1. The fraction of sp³-hybridized carbons (Fsp3) is 0.286. The highest BCUT2D eigenvalue weighted by atomic mass is 79.9. The van der Waals surface area contributed by atoms with Gasteiger partial charge in [0.15, 0.2) is 0 Å². The molecule has 106 valence electrons. The van der Waals surface area contributed by atoms with E-state index in [2.05, 4.69) is 45.1 Å². The molecule has 2 rings (SSSR count). The Labute approximate surface area is 125 Å². The minimum atomic E-state index is -0.375. The Morgan fingerprint density at radius 3 is 2.65 bits per heavy atom. The fourth-order valence-corrected chi connectivity index (χ4v) is 1.95. The van der Waals surface area contributed by atoms with E-state index in [1.54, 1.807) is 12.3 Å². The summed E-state index contributed by atoms with van der Waals surface area (Å²) in [6.45, 7) is 4.77. The van der Waals surface area contributed by atoms with Gasteiger partial charge in [0.05, 0.1) is 18.1 Å². The van der Waals surface area contributed by atoms with Crippen LogP contribution in [0.3, 0.4) is 0 Å². The number of hydrogen-bond donors (Lipinski definition) is 1. The van der Waals surface area contributed by atoms with Gasteiger partial charge in [-0.25, -0.2) is 9.37 Å². The summed E-state index contributed by atoms with van der Waals surface area (Å²) in [6, 6.07) is 4.70. The van der Waals surface area contributed by atoms with Crippen molar-refractivity contribution in [1.29, 1.82) is 0 Å². The molecule has 0 saturated carbocycles. The molecule has 0 unspecified atom stereocenters. The van der Waals surface area contributed by atoms with Gasteiger partial charge in [-0.05, 0) is 12.1 Å². The normalized spacial score (nSPS) is 10.8. The van der Waals surface area contributed by atoms with Crippen LogP contribution in [-0.2, 0) is 6.54 Å². The Balaban J connectivity index is 2.03. The maximum Gasteiger partial charge on any atom is 0.237 e. The third-order valence-corrected chi connectivity index (χ3v) is 2.89. The van der Waals surface area contributed by atoms with Gasteiger partial charge in [-0.3, -0.25) is 4.98 Å². The Bertz CT molecular complexity index is 555. The van der Waals surface area contributed by atoms with Crippen LogP contribution in [0.25, 0.3) is 0 Å². The first-order valence-corrected chi connectivity index (χ1v) is 7.00. The number of halogens is 2. The predicted molar refractivity (Wildman–Crippen MR) is 78.2 cm³/mol. The van der Waals surface area contributed by atoms with Crippen molar-refractivity contribution in [1.82, 2.24) is 15.3 Å². The van der Waals surface area contributed by atoms with Gasteiger partial charge in [0.2, 0.25) is 5.88 Å². The smallest absolute Gasteiger partial charge is 0.237 e. The SMILES string of the molecule is CC(C)NCc1cnc(Oc2cc(F)cc(Br)c2)cn1. The molecule has 0 saturated heterocycles. The molecule has 6 heteroatoms. The van der Waals surface area contributed by atoms with E-state index in [-0.39, 0.29) is 5.82 Å². The Morgan fingerprint density at radius 2 is 2.05 bits per heavy atom. The van der Waals surface area contributed by atoms with E-state index in [0.29, 0.717) is 28.7 Å². The van der Waals surface area contributed by atoms with Gasteiger partial charge in [0, 0.05) is 23.1 Å². The second-order valence-corrected chi connectivity index (χ2v) is 5.50. The van der Waals surface area contributed by atoms with E-state index in [9.17, 15) is 4.39 Å². The van der Waals surface area contributed by atoms with E-state index < -0.39 is 0 Å². The molecular formula is C14H15BrFN3O. The van der Waals surface area contributed by atoms with Gasteiger partial charge in [-0.2, -0.15) is 0 Å². The minimum Gasteiger partial charge on any atom is -0.437 e. The average Bonchev–Trinajstić information content (AvgIpc) is 2.36. The first kappa shape index (κ1) is 14.9. The quantitative estimate of drug-likeness (QED) is 0.902. The minimum absolute atomic E-state index is 0.329. The van der Waals surface area contributed by atoms with E-state index >= 15 is 0 Å². The topological polar surface area (TPSA) is 47.0 Å². The van der Waals surface area contributed by atoms with E-state index in [4.69, 9.17) is 4.74 Å². The van der Waals surface area contributed by atoms with Crippen LogP contribution in [0.2, 0.25) is 0 Å². The summed E-state index contributed by atoms with van der Waals surface area (Å²) in [4.78, 5) is 8.38. The lowest BCUT2D eigenvalue weighted by atomic mass is 10.3. The van der Waals surface area contributed by atoms with Gasteiger partial charge in [0.25, 0.3) is 0 Å². The molecule has 0 aliphatic carbocycles. The van der Waals surface area contributed by atoms with Gasteiger partial charge >= 0.3 is 0 Å². The lowest BCUT2D eigenvalue weighted by molar-refractivity contribution is 0.453. The van der Waals surface area contributed by atoms with Crippen molar-refractivity contribution in [2.24, 2.45) is 0 Å². The zero-order valence-corrected chi connectivity index (χ0v) is 12.8. The second kappa shape index (κ2) is 6.76. The molecular weight excluding hydrogens is 325 g/mol. The highest BCUT2D eigenvalue weighted by molar-refractivity contribution is 9.10. The summed E-state index contributed by atoms with van der Waals surface area (Å²) >= 11 is 3.21. The zero-order valence-electron chi connectivity index (χ0n) is 11.2. The van der Waals surface area contributed by atoms with Crippen LogP contribution in [0.4, 0.5) is 4.39 Å². The van der Waals surface area contributed by atoms with Gasteiger partial charge < -0.3 is 10.1 Å². The van der Waals surface area contributed by atoms with Crippen molar-refractivity contribution >= 4 is 15.9 Å². The Kier molecular flexibility index (Phi) is 5.03. The summed E-state index contributed by atoms with van der Waals surface area (Å²) in [6.07, 6.45) is 3.16. The molecule has 0 aliphatic heterocycles. The number of aromatic nitrogens is 2. The summed E-state index contributed by atoms with van der Waals surface area (Å²) in [5.41, 5.74) is 0.825. The number of hydrogen-bond acceptors (Lipinski definition) is 4. The summed E-state index contributed by atoms with van der Waals surface area (Å²) in [5.74, 6) is 0.329. The van der Waals surface area contributed by atoms with Crippen LogP contribution >= 0.6 is 15.9 Å². The summed E-state index contributed by atoms with van der Waals surface area (Å²) < 4.78 is 19.3. The highest BCUT2D eigenvalue weighted by Gasteiger charge is 2.04. The van der Waals surface area contributed by atoms with E-state index in [1.165, 1.54) is 18.3 Å². The molecule has 0 aliphatic rings. The molecule has 2 aromatic rings. The standard InChI is InChI=1S/C14H15BrFN3O/c1-9(2)17-6-12-7-19-14(8-18-12)20-13-4-10(15)3-11(16)5-13/h3-5,7-9,17H,6H2,1-2H3. The number of ether oxygens (including phenoxy) is 1. The molecule has 1 aromatic heterocycles. The van der Waals surface area contributed by atoms with Crippen molar-refractivity contribution in [2.75, 3.05) is 0 Å². The van der Waals surface area contributed by atoms with E-state index in [1.807, 2.05) is 0 Å². The van der Waals surface area contributed by atoms with Gasteiger partial charge in [-0.1, -0.05) is 29.8 Å². The van der Waals surface area contributed by atoms with Crippen LogP contribution in [0, 0.1) is 5.82 Å². The maximum absolute atomic E-state index is 13.2. The number of nitrogens with zero attached hydrogens (tertiary/aromatic N) is 2. The van der Waals surface area contributed by atoms with Crippen molar-refractivity contribution in [2.45, 2.75) is 26.4 Å². The molecule has 0 bridgehead atoms. The van der Waals surface area contributed by atoms with Crippen LogP contribution in [0.15, 0.2) is 35.1 Å². The predicted octanol–water partition coefficient (Wildman–Crippen LogP) is 3.67. The lowest BCUT2D eigenvalue weighted by Gasteiger charge is -2.08. The molecule has 1 aromatic carbocycles. The van der Waals surface area contributed by atoms with Crippen LogP contribution in [-0.4, -0.2) is 16.0 Å². The first-order valence-electron chi connectivity index (χ1n) is 6.21. The van der Waals surface area contributed by atoms with Crippen LogP contribution in [0.5, 0.6) is 11.6 Å². The van der Waals surface area contributed by atoms with Gasteiger partial charge in [0.1, 0.15) is 11.6 Å².